The van der Waals surface area contributed by atoms with Crippen LogP contribution in [0.3, 0.4) is 0 Å². The average Bonchev–Trinajstić information content (AvgIpc) is 2.32. The molecule has 0 spiro atoms. The molecule has 106 valence electrons. The van der Waals surface area contributed by atoms with Gasteiger partial charge in [-0.05, 0) is 49.2 Å². The van der Waals surface area contributed by atoms with Crippen LogP contribution in [0.15, 0.2) is 36.4 Å². The zero-order valence-electron chi connectivity index (χ0n) is 11.6. The Bertz CT molecular complexity index is 499. The van der Waals surface area contributed by atoms with E-state index in [1.165, 1.54) is 0 Å². The van der Waals surface area contributed by atoms with Crippen LogP contribution in [0.1, 0.15) is 11.1 Å². The van der Waals surface area contributed by atoms with Crippen LogP contribution in [0, 0.1) is 13.8 Å². The first-order valence-corrected chi connectivity index (χ1v) is 6.40. The highest BCUT2D eigenvalue weighted by Gasteiger charge is 2.01. The number of aryl methyl sites for hydroxylation is 2. The molecule has 2 N–H and O–H groups in total. The summed E-state index contributed by atoms with van der Waals surface area (Å²) < 4.78 is 11.0. The van der Waals surface area contributed by atoms with E-state index in [0.717, 1.165) is 11.1 Å². The molecule has 0 aromatic heterocycles. The summed E-state index contributed by atoms with van der Waals surface area (Å²) in [5, 5.41) is 18.9. The van der Waals surface area contributed by atoms with Crippen LogP contribution in [-0.4, -0.2) is 23.4 Å². The van der Waals surface area contributed by atoms with Crippen molar-refractivity contribution in [3.63, 3.8) is 0 Å². The van der Waals surface area contributed by atoms with Crippen LogP contribution in [-0.2, 0) is 0 Å². The lowest BCUT2D eigenvalue weighted by molar-refractivity contribution is 0.216. The van der Waals surface area contributed by atoms with E-state index in [9.17, 15) is 10.2 Å². The number of aromatic hydroxyl groups is 2. The van der Waals surface area contributed by atoms with Crippen LogP contribution in [0.5, 0.6) is 23.0 Å². The molecule has 20 heavy (non-hydrogen) atoms. The second kappa shape index (κ2) is 6.19. The molecule has 2 rings (SSSR count). The molecular formula is C16H18O4. The van der Waals surface area contributed by atoms with Gasteiger partial charge in [0.2, 0.25) is 0 Å². The van der Waals surface area contributed by atoms with Crippen molar-refractivity contribution in [3.8, 4) is 23.0 Å². The Morgan fingerprint density at radius 3 is 1.45 bits per heavy atom. The molecule has 0 aliphatic rings. The van der Waals surface area contributed by atoms with Gasteiger partial charge >= 0.3 is 0 Å². The first-order chi connectivity index (χ1) is 9.52. The maximum Gasteiger partial charge on any atom is 0.123 e. The maximum absolute atomic E-state index is 9.45. The summed E-state index contributed by atoms with van der Waals surface area (Å²) in [6.45, 7) is 4.49. The molecule has 0 amide bonds. The van der Waals surface area contributed by atoms with Gasteiger partial charge in [0.25, 0.3) is 0 Å². The van der Waals surface area contributed by atoms with Gasteiger partial charge in [-0.15, -0.1) is 0 Å². The minimum absolute atomic E-state index is 0.185. The predicted octanol–water partition coefficient (Wildman–Crippen LogP) is 3.17. The average molecular weight is 274 g/mol. The van der Waals surface area contributed by atoms with Gasteiger partial charge in [-0.25, -0.2) is 0 Å². The van der Waals surface area contributed by atoms with Gasteiger partial charge in [-0.3, -0.25) is 0 Å². The molecule has 0 aliphatic heterocycles. The van der Waals surface area contributed by atoms with Crippen molar-refractivity contribution in [1.29, 1.82) is 0 Å². The van der Waals surface area contributed by atoms with Crippen molar-refractivity contribution in [3.05, 3.63) is 47.5 Å². The van der Waals surface area contributed by atoms with Gasteiger partial charge in [-0.2, -0.15) is 0 Å². The number of rotatable bonds is 5. The third-order valence-corrected chi connectivity index (χ3v) is 2.69. The maximum atomic E-state index is 9.45. The van der Waals surface area contributed by atoms with E-state index < -0.39 is 0 Å². The van der Waals surface area contributed by atoms with Gasteiger partial charge < -0.3 is 19.7 Å². The largest absolute Gasteiger partial charge is 0.508 e. The van der Waals surface area contributed by atoms with Crippen molar-refractivity contribution in [2.75, 3.05) is 13.2 Å². The molecule has 4 nitrogen and oxygen atoms in total. The molecule has 0 radical (unpaired) electrons. The lowest BCUT2D eigenvalue weighted by atomic mass is 10.2. The minimum atomic E-state index is 0.185. The summed E-state index contributed by atoms with van der Waals surface area (Å²) in [7, 11) is 0. The summed E-state index contributed by atoms with van der Waals surface area (Å²) in [4.78, 5) is 0. The SMILES string of the molecule is Cc1cc(O)cc(OCCOc2cc(C)cc(O)c2)c1. The monoisotopic (exact) mass is 274 g/mol. The first-order valence-electron chi connectivity index (χ1n) is 6.40. The van der Waals surface area contributed by atoms with Crippen molar-refractivity contribution < 1.29 is 19.7 Å². The molecule has 0 heterocycles. The van der Waals surface area contributed by atoms with Gasteiger partial charge in [0, 0.05) is 12.1 Å². The summed E-state index contributed by atoms with van der Waals surface area (Å²) >= 11 is 0. The van der Waals surface area contributed by atoms with Crippen molar-refractivity contribution in [2.24, 2.45) is 0 Å². The Morgan fingerprint density at radius 2 is 1.10 bits per heavy atom. The van der Waals surface area contributed by atoms with Crippen LogP contribution in [0.2, 0.25) is 0 Å². The van der Waals surface area contributed by atoms with Crippen LogP contribution in [0.4, 0.5) is 0 Å². The van der Waals surface area contributed by atoms with E-state index in [2.05, 4.69) is 0 Å². The van der Waals surface area contributed by atoms with E-state index in [1.54, 1.807) is 24.3 Å². The summed E-state index contributed by atoms with van der Waals surface area (Å²) in [6, 6.07) is 10.1. The molecule has 0 saturated carbocycles. The fraction of sp³-hybridized carbons (Fsp3) is 0.250. The predicted molar refractivity (Wildman–Crippen MR) is 76.7 cm³/mol. The number of phenolic OH excluding ortho intramolecular Hbond substituents is 2. The molecule has 0 atom stereocenters. The number of phenols is 2. The Morgan fingerprint density at radius 1 is 0.700 bits per heavy atom. The molecule has 0 aliphatic carbocycles. The molecule has 2 aromatic carbocycles. The third-order valence-electron chi connectivity index (χ3n) is 2.69. The number of hydrogen-bond acceptors (Lipinski definition) is 4. The number of hydrogen-bond donors (Lipinski definition) is 2. The Kier molecular flexibility index (Phi) is 4.35. The topological polar surface area (TPSA) is 58.9 Å². The second-order valence-corrected chi connectivity index (χ2v) is 4.71. The Labute approximate surface area is 118 Å². The molecule has 2 aromatic rings. The van der Waals surface area contributed by atoms with E-state index in [-0.39, 0.29) is 11.5 Å². The Hall–Kier alpha value is -2.36. The standard InChI is InChI=1S/C16H18O4/c1-11-5-13(17)9-15(7-11)19-3-4-20-16-8-12(2)6-14(18)10-16/h5-10,17-18H,3-4H2,1-2H3. The van der Waals surface area contributed by atoms with Crippen LogP contribution >= 0.6 is 0 Å². The zero-order chi connectivity index (χ0) is 14.5. The highest BCUT2D eigenvalue weighted by molar-refractivity contribution is 5.37. The van der Waals surface area contributed by atoms with Gasteiger partial charge in [0.15, 0.2) is 0 Å². The minimum Gasteiger partial charge on any atom is -0.508 e. The lowest BCUT2D eigenvalue weighted by Crippen LogP contribution is -2.09. The van der Waals surface area contributed by atoms with E-state index in [1.807, 2.05) is 26.0 Å². The quantitative estimate of drug-likeness (QED) is 0.822. The number of ether oxygens (including phenoxy) is 2. The van der Waals surface area contributed by atoms with E-state index >= 15 is 0 Å². The molecule has 0 fully saturated rings. The summed E-state index contributed by atoms with van der Waals surface area (Å²) in [6.07, 6.45) is 0. The van der Waals surface area contributed by atoms with Crippen molar-refractivity contribution >= 4 is 0 Å². The second-order valence-electron chi connectivity index (χ2n) is 4.71. The van der Waals surface area contributed by atoms with Crippen LogP contribution in [0.25, 0.3) is 0 Å². The zero-order valence-corrected chi connectivity index (χ0v) is 11.6. The summed E-state index contributed by atoms with van der Waals surface area (Å²) in [5.41, 5.74) is 1.87. The van der Waals surface area contributed by atoms with Gasteiger partial charge in [-0.1, -0.05) is 0 Å². The fourth-order valence-corrected chi connectivity index (χ4v) is 1.94. The molecule has 0 unspecified atom stereocenters. The third kappa shape index (κ3) is 4.09. The highest BCUT2D eigenvalue weighted by atomic mass is 16.5. The smallest absolute Gasteiger partial charge is 0.123 e. The normalized spacial score (nSPS) is 10.3. The summed E-state index contributed by atoms with van der Waals surface area (Å²) in [5.74, 6) is 1.59. The molecule has 0 saturated heterocycles. The van der Waals surface area contributed by atoms with Gasteiger partial charge in [0.1, 0.15) is 36.2 Å². The van der Waals surface area contributed by atoms with E-state index in [0.29, 0.717) is 24.7 Å². The van der Waals surface area contributed by atoms with Crippen LogP contribution < -0.4 is 9.47 Å². The van der Waals surface area contributed by atoms with E-state index in [4.69, 9.17) is 9.47 Å². The van der Waals surface area contributed by atoms with Crippen molar-refractivity contribution in [2.45, 2.75) is 13.8 Å². The fourth-order valence-electron chi connectivity index (χ4n) is 1.94. The Balaban J connectivity index is 1.84. The lowest BCUT2D eigenvalue weighted by Gasteiger charge is -2.10. The molecular weight excluding hydrogens is 256 g/mol. The molecule has 0 bridgehead atoms. The molecule has 4 heteroatoms. The number of benzene rings is 2. The first kappa shape index (κ1) is 14.1. The highest BCUT2D eigenvalue weighted by Crippen LogP contribution is 2.22. The van der Waals surface area contributed by atoms with Gasteiger partial charge in [0.05, 0.1) is 0 Å². The van der Waals surface area contributed by atoms with Crippen molar-refractivity contribution in [1.82, 2.24) is 0 Å².